The van der Waals surface area contributed by atoms with Gasteiger partial charge in [-0.1, -0.05) is 6.07 Å². The van der Waals surface area contributed by atoms with E-state index in [1.54, 1.807) is 0 Å². The molecule has 2 aromatic rings. The van der Waals surface area contributed by atoms with Crippen LogP contribution in [-0.4, -0.2) is 79.4 Å². The van der Waals surface area contributed by atoms with Gasteiger partial charge in [0.1, 0.15) is 0 Å². The lowest BCUT2D eigenvalue weighted by Gasteiger charge is -2.38. The molecule has 41 heavy (non-hydrogen) atoms. The molecule has 0 aromatic carbocycles. The second kappa shape index (κ2) is 13.8. The van der Waals surface area contributed by atoms with Crippen molar-refractivity contribution in [3.63, 3.8) is 0 Å². The van der Waals surface area contributed by atoms with Crippen LogP contribution in [0.15, 0.2) is 35.5 Å². The highest BCUT2D eigenvalue weighted by molar-refractivity contribution is 7.10. The molecule has 3 heterocycles. The maximum absolute atomic E-state index is 13.4. The maximum atomic E-state index is 13.4. The summed E-state index contributed by atoms with van der Waals surface area (Å²) in [6, 6.07) is 7.64. The molecule has 226 valence electrons. The summed E-state index contributed by atoms with van der Waals surface area (Å²) in [6.07, 6.45) is 2.47. The molecule has 1 atom stereocenters. The first-order valence-electron chi connectivity index (χ1n) is 12.9. The van der Waals surface area contributed by atoms with E-state index in [9.17, 15) is 18.8 Å². The molecule has 3 rings (SSSR count). The zero-order valence-corrected chi connectivity index (χ0v) is 24.2. The number of aliphatic hydroxyl groups is 1. The van der Waals surface area contributed by atoms with E-state index in [1.807, 2.05) is 19.2 Å². The molecule has 14 heteroatoms. The fraction of sp³-hybridized carbons (Fsp3) is 0.519. The van der Waals surface area contributed by atoms with Crippen LogP contribution < -0.4 is 11.5 Å². The van der Waals surface area contributed by atoms with Crippen molar-refractivity contribution in [1.29, 1.82) is 0 Å². The van der Waals surface area contributed by atoms with Crippen LogP contribution in [0.3, 0.4) is 0 Å². The van der Waals surface area contributed by atoms with Gasteiger partial charge in [0.25, 0.3) is 0 Å². The quantitative estimate of drug-likeness (QED) is 0.154. The van der Waals surface area contributed by atoms with Crippen LogP contribution >= 0.6 is 11.3 Å². The van der Waals surface area contributed by atoms with Crippen molar-refractivity contribution in [3.8, 4) is 0 Å². The highest BCUT2D eigenvalue weighted by Crippen LogP contribution is 2.42. The minimum absolute atomic E-state index is 0.0140. The fourth-order valence-electron chi connectivity index (χ4n) is 4.68. The van der Waals surface area contributed by atoms with Crippen molar-refractivity contribution >= 4 is 35.2 Å². The molecule has 0 bridgehead atoms. The number of carboxylic acid groups (broad SMARTS) is 3. The number of nitrogens with two attached hydrogens (primary N) is 2. The Labute approximate surface area is 241 Å². The van der Waals surface area contributed by atoms with Crippen molar-refractivity contribution in [2.45, 2.75) is 64.0 Å². The summed E-state index contributed by atoms with van der Waals surface area (Å²) >= 11 is 1.22. The summed E-state index contributed by atoms with van der Waals surface area (Å²) in [4.78, 5) is 42.9. The third kappa shape index (κ3) is 9.76. The molecule has 0 spiro atoms. The maximum Gasteiger partial charge on any atom is 0.336 e. The Morgan fingerprint density at radius 2 is 1.76 bits per heavy atom. The van der Waals surface area contributed by atoms with Crippen LogP contribution in [0, 0.1) is 17.5 Å². The van der Waals surface area contributed by atoms with E-state index in [0.717, 1.165) is 42.9 Å². The van der Waals surface area contributed by atoms with Crippen molar-refractivity contribution < 1.29 is 39.2 Å². The number of halogens is 1. The van der Waals surface area contributed by atoms with Gasteiger partial charge in [-0.25, -0.2) is 4.79 Å². The molecule has 1 saturated heterocycles. The summed E-state index contributed by atoms with van der Waals surface area (Å²) in [5.41, 5.74) is 10.6. The second-order valence-corrected chi connectivity index (χ2v) is 12.0. The molecular formula is C27H38FN5O7S. The lowest BCUT2D eigenvalue weighted by Crippen LogP contribution is -2.42. The van der Waals surface area contributed by atoms with Crippen LogP contribution in [0.4, 0.5) is 4.39 Å². The predicted molar refractivity (Wildman–Crippen MR) is 151 cm³/mol. The van der Waals surface area contributed by atoms with Crippen molar-refractivity contribution in [3.05, 3.63) is 51.7 Å². The molecule has 0 radical (unpaired) electrons. The average molecular weight is 596 g/mol. The summed E-state index contributed by atoms with van der Waals surface area (Å²) in [6.45, 7) is 8.95. The third-order valence-electron chi connectivity index (χ3n) is 7.26. The van der Waals surface area contributed by atoms with Gasteiger partial charge < -0.3 is 31.9 Å². The number of aliphatic imine (C=N–C) groups is 1. The Morgan fingerprint density at radius 3 is 2.22 bits per heavy atom. The van der Waals surface area contributed by atoms with Gasteiger partial charge in [-0.15, -0.1) is 11.3 Å². The van der Waals surface area contributed by atoms with Crippen molar-refractivity contribution in [2.24, 2.45) is 21.9 Å². The molecule has 8 N–H and O–H groups in total. The van der Waals surface area contributed by atoms with Gasteiger partial charge in [0.2, 0.25) is 0 Å². The van der Waals surface area contributed by atoms with E-state index in [2.05, 4.69) is 40.9 Å². The minimum atomic E-state index is -2.74. The Kier molecular flexibility index (Phi) is 11.3. The number of aliphatic carboxylic acids is 3. The first kappa shape index (κ1) is 33.6. The number of aryl methyl sites for hydroxylation is 2. The standard InChI is InChI=1S/C21H30FN5S.C6H8O7/c1-15-4-5-16(12-25-15)20(2,3)27-11-10-21(14-27,13-26-19(23)24)9-8-17-6-7-18(22)28-17;7-3(8)1-6(13,5(11)12)2-4(9)10/h4-7,12H,8-11,13-14H2,1-3H3,(H4,23,24,26);13H,1-2H2,(H,7,8)(H,9,10)(H,11,12)/t21-;/m0./s1. The molecule has 0 amide bonds. The molecule has 2 aromatic heterocycles. The van der Waals surface area contributed by atoms with Gasteiger partial charge in [-0.3, -0.25) is 24.5 Å². The normalized spacial score (nSPS) is 17.4. The number of likely N-dealkylation sites (tertiary alicyclic amines) is 1. The number of hydrogen-bond acceptors (Lipinski definition) is 8. The number of rotatable bonds is 12. The monoisotopic (exact) mass is 595 g/mol. The van der Waals surface area contributed by atoms with E-state index < -0.39 is 36.4 Å². The number of thiophene rings is 1. The summed E-state index contributed by atoms with van der Waals surface area (Å²) in [7, 11) is 0. The van der Waals surface area contributed by atoms with Gasteiger partial charge in [0.15, 0.2) is 16.7 Å². The lowest BCUT2D eigenvalue weighted by molar-refractivity contribution is -0.170. The van der Waals surface area contributed by atoms with Crippen LogP contribution in [0.1, 0.15) is 55.7 Å². The van der Waals surface area contributed by atoms with Crippen LogP contribution in [-0.2, 0) is 26.3 Å². The number of hydrogen-bond donors (Lipinski definition) is 6. The number of carboxylic acids is 3. The van der Waals surface area contributed by atoms with E-state index in [0.29, 0.717) is 6.54 Å². The first-order valence-corrected chi connectivity index (χ1v) is 13.7. The van der Waals surface area contributed by atoms with Crippen molar-refractivity contribution in [2.75, 3.05) is 19.6 Å². The Balaban J connectivity index is 0.000000383. The molecule has 12 nitrogen and oxygen atoms in total. The Morgan fingerprint density at radius 1 is 1.12 bits per heavy atom. The van der Waals surface area contributed by atoms with Crippen molar-refractivity contribution in [1.82, 2.24) is 9.88 Å². The zero-order valence-electron chi connectivity index (χ0n) is 23.3. The number of pyridine rings is 1. The Bertz CT molecular complexity index is 1230. The van der Waals surface area contributed by atoms with Gasteiger partial charge >= 0.3 is 17.9 Å². The third-order valence-corrected chi connectivity index (χ3v) is 8.19. The number of carbonyl (C=O) groups is 3. The molecule has 1 fully saturated rings. The van der Waals surface area contributed by atoms with Gasteiger partial charge in [-0.2, -0.15) is 4.39 Å². The predicted octanol–water partition coefficient (Wildman–Crippen LogP) is 2.18. The number of aromatic nitrogens is 1. The first-order chi connectivity index (χ1) is 19.0. The highest BCUT2D eigenvalue weighted by Gasteiger charge is 2.43. The van der Waals surface area contributed by atoms with E-state index >= 15 is 0 Å². The summed E-state index contributed by atoms with van der Waals surface area (Å²) < 4.78 is 13.4. The minimum Gasteiger partial charge on any atom is -0.481 e. The Hall–Kier alpha value is -3.62. The molecule has 1 aliphatic heterocycles. The summed E-state index contributed by atoms with van der Waals surface area (Å²) in [5.74, 6) is -4.89. The molecule has 0 unspecified atom stereocenters. The van der Waals surface area contributed by atoms with Gasteiger partial charge in [0.05, 0.1) is 12.8 Å². The van der Waals surface area contributed by atoms with E-state index in [1.165, 1.54) is 23.0 Å². The number of nitrogens with zero attached hydrogens (tertiary/aromatic N) is 3. The highest BCUT2D eigenvalue weighted by atomic mass is 32.1. The topological polar surface area (TPSA) is 213 Å². The average Bonchev–Trinajstić information content (AvgIpc) is 3.48. The molecular weight excluding hydrogens is 557 g/mol. The molecule has 1 aliphatic rings. The van der Waals surface area contributed by atoms with E-state index in [4.69, 9.17) is 31.9 Å². The van der Waals surface area contributed by atoms with Crippen LogP contribution in [0.2, 0.25) is 0 Å². The second-order valence-electron chi connectivity index (χ2n) is 10.8. The number of guanidine groups is 1. The summed E-state index contributed by atoms with van der Waals surface area (Å²) in [5, 5.41) is 33.7. The van der Waals surface area contributed by atoms with Gasteiger partial charge in [-0.05, 0) is 70.3 Å². The smallest absolute Gasteiger partial charge is 0.336 e. The van der Waals surface area contributed by atoms with Crippen LogP contribution in [0.25, 0.3) is 0 Å². The molecule has 0 saturated carbocycles. The SMILES string of the molecule is Cc1ccc(C(C)(C)N2CC[C@@](CCc3ccc(F)s3)(CN=C(N)N)C2)cn1.O=C(O)CC(O)(CC(=O)O)C(=O)O. The largest absolute Gasteiger partial charge is 0.481 e. The van der Waals surface area contributed by atoms with Crippen LogP contribution in [0.5, 0.6) is 0 Å². The van der Waals surface area contributed by atoms with Gasteiger partial charge in [0, 0.05) is 40.8 Å². The van der Waals surface area contributed by atoms with E-state index in [-0.39, 0.29) is 22.0 Å². The fourth-order valence-corrected chi connectivity index (χ4v) is 5.41. The molecule has 0 aliphatic carbocycles. The lowest BCUT2D eigenvalue weighted by atomic mass is 9.81. The zero-order chi connectivity index (χ0) is 31.0.